The highest BCUT2D eigenvalue weighted by atomic mass is 79.9. The number of rotatable bonds is 3. The minimum Gasteiger partial charge on any atom is -0.454 e. The summed E-state index contributed by atoms with van der Waals surface area (Å²) in [6, 6.07) is 10.2. The van der Waals surface area contributed by atoms with Gasteiger partial charge in [0.25, 0.3) is 0 Å². The van der Waals surface area contributed by atoms with Crippen LogP contribution in [0.1, 0.15) is 36.3 Å². The van der Waals surface area contributed by atoms with Gasteiger partial charge in [-0.05, 0) is 59.7 Å². The summed E-state index contributed by atoms with van der Waals surface area (Å²) in [5.74, 6) is 2.75. The lowest BCUT2D eigenvalue weighted by Gasteiger charge is -2.28. The van der Waals surface area contributed by atoms with Crippen LogP contribution in [0.15, 0.2) is 51.4 Å². The van der Waals surface area contributed by atoms with E-state index < -0.39 is 0 Å². The van der Waals surface area contributed by atoms with E-state index in [0.29, 0.717) is 24.5 Å². The molecule has 0 radical (unpaired) electrons. The number of nitrogens with two attached hydrogens (primary N) is 1. The van der Waals surface area contributed by atoms with Crippen LogP contribution >= 0.6 is 31.9 Å². The molecule has 4 rings (SSSR count). The first-order chi connectivity index (χ1) is 12.0. The Bertz CT molecular complexity index is 850. The van der Waals surface area contributed by atoms with Crippen LogP contribution in [-0.4, -0.2) is 6.79 Å². The number of allylic oxidation sites excluding steroid dienone is 2. The highest BCUT2D eigenvalue weighted by Gasteiger charge is 2.33. The molecule has 0 fully saturated rings. The SMILES string of the molecule is CC(c1cc2c(cc1Br)OCO2)C1CC=CC1c1cc(Br)ccc1N. The molecule has 0 spiro atoms. The smallest absolute Gasteiger partial charge is 0.231 e. The van der Waals surface area contributed by atoms with Crippen molar-refractivity contribution in [3.63, 3.8) is 0 Å². The van der Waals surface area contributed by atoms with Gasteiger partial charge in [0.2, 0.25) is 6.79 Å². The molecule has 1 aliphatic heterocycles. The van der Waals surface area contributed by atoms with Crippen molar-refractivity contribution in [1.29, 1.82) is 0 Å². The van der Waals surface area contributed by atoms with E-state index in [0.717, 1.165) is 32.6 Å². The zero-order chi connectivity index (χ0) is 17.6. The lowest BCUT2D eigenvalue weighted by molar-refractivity contribution is 0.174. The fourth-order valence-electron chi connectivity index (χ4n) is 3.87. The largest absolute Gasteiger partial charge is 0.454 e. The Kier molecular flexibility index (Phi) is 4.54. The fourth-order valence-corrected chi connectivity index (χ4v) is 4.93. The first-order valence-corrected chi connectivity index (χ1v) is 9.94. The lowest BCUT2D eigenvalue weighted by atomic mass is 9.77. The maximum absolute atomic E-state index is 6.27. The standard InChI is InChI=1S/C20H19Br2NO2/c1-11(15-8-19-20(9-17(15)22)25-10-24-19)13-3-2-4-14(13)16-7-12(21)5-6-18(16)23/h2,4-9,11,13-14H,3,10,23H2,1H3. The van der Waals surface area contributed by atoms with Crippen molar-refractivity contribution in [3.05, 3.63) is 62.6 Å². The molecule has 25 heavy (non-hydrogen) atoms. The molecule has 3 unspecified atom stereocenters. The minimum atomic E-state index is 0.293. The summed E-state index contributed by atoms with van der Waals surface area (Å²) < 4.78 is 13.2. The number of benzene rings is 2. The molecule has 0 bridgehead atoms. The Morgan fingerprint density at radius 1 is 1.12 bits per heavy atom. The predicted octanol–water partition coefficient (Wildman–Crippen LogP) is 5.99. The van der Waals surface area contributed by atoms with Crippen LogP contribution < -0.4 is 15.2 Å². The third kappa shape index (κ3) is 3.08. The number of hydrogen-bond donors (Lipinski definition) is 1. The maximum Gasteiger partial charge on any atom is 0.231 e. The van der Waals surface area contributed by atoms with E-state index in [9.17, 15) is 0 Å². The van der Waals surface area contributed by atoms with Crippen molar-refractivity contribution in [2.24, 2.45) is 5.92 Å². The van der Waals surface area contributed by atoms with E-state index in [4.69, 9.17) is 15.2 Å². The van der Waals surface area contributed by atoms with Gasteiger partial charge in [0.15, 0.2) is 11.5 Å². The van der Waals surface area contributed by atoms with Gasteiger partial charge < -0.3 is 15.2 Å². The topological polar surface area (TPSA) is 44.5 Å². The number of fused-ring (bicyclic) bond motifs is 1. The molecule has 1 heterocycles. The van der Waals surface area contributed by atoms with E-state index in [-0.39, 0.29) is 0 Å². The quantitative estimate of drug-likeness (QED) is 0.448. The number of nitrogen functional groups attached to an aromatic ring is 1. The van der Waals surface area contributed by atoms with Crippen molar-refractivity contribution in [2.75, 3.05) is 12.5 Å². The zero-order valence-corrected chi connectivity index (χ0v) is 17.0. The Morgan fingerprint density at radius 3 is 2.68 bits per heavy atom. The highest BCUT2D eigenvalue weighted by Crippen LogP contribution is 2.48. The van der Waals surface area contributed by atoms with Crippen molar-refractivity contribution >= 4 is 37.5 Å². The molecule has 3 nitrogen and oxygen atoms in total. The molecular formula is C20H19Br2NO2. The van der Waals surface area contributed by atoms with Gasteiger partial charge in [-0.1, -0.05) is 50.9 Å². The monoisotopic (exact) mass is 463 g/mol. The van der Waals surface area contributed by atoms with Gasteiger partial charge in [-0.15, -0.1) is 0 Å². The second-order valence-electron chi connectivity index (χ2n) is 6.64. The van der Waals surface area contributed by atoms with Crippen molar-refractivity contribution in [3.8, 4) is 11.5 Å². The predicted molar refractivity (Wildman–Crippen MR) is 107 cm³/mol. The van der Waals surface area contributed by atoms with Crippen LogP contribution in [-0.2, 0) is 0 Å². The molecule has 2 aromatic rings. The van der Waals surface area contributed by atoms with E-state index in [1.165, 1.54) is 11.1 Å². The van der Waals surface area contributed by atoms with E-state index in [1.807, 2.05) is 18.2 Å². The van der Waals surface area contributed by atoms with Crippen molar-refractivity contribution < 1.29 is 9.47 Å². The third-order valence-electron chi connectivity index (χ3n) is 5.25. The Labute approximate surface area is 164 Å². The van der Waals surface area contributed by atoms with Gasteiger partial charge in [-0.3, -0.25) is 0 Å². The highest BCUT2D eigenvalue weighted by molar-refractivity contribution is 9.10. The number of anilines is 1. The normalized spacial score (nSPS) is 22.4. The molecule has 0 saturated carbocycles. The molecule has 2 aliphatic rings. The summed E-state index contributed by atoms with van der Waals surface area (Å²) >= 11 is 7.28. The molecule has 2 aromatic carbocycles. The Morgan fingerprint density at radius 2 is 1.88 bits per heavy atom. The van der Waals surface area contributed by atoms with Crippen molar-refractivity contribution in [1.82, 2.24) is 0 Å². The Hall–Kier alpha value is -1.46. The summed E-state index contributed by atoms with van der Waals surface area (Å²) in [4.78, 5) is 0. The fraction of sp³-hybridized carbons (Fsp3) is 0.300. The molecule has 130 valence electrons. The van der Waals surface area contributed by atoms with Gasteiger partial charge in [0.1, 0.15) is 0 Å². The Balaban J connectivity index is 1.68. The van der Waals surface area contributed by atoms with E-state index in [2.05, 4.69) is 63.1 Å². The third-order valence-corrected chi connectivity index (χ3v) is 6.43. The first-order valence-electron chi connectivity index (χ1n) is 8.35. The number of ether oxygens (including phenoxy) is 2. The summed E-state index contributed by atoms with van der Waals surface area (Å²) in [6.07, 6.45) is 5.60. The molecule has 0 aromatic heterocycles. The molecule has 1 aliphatic carbocycles. The number of hydrogen-bond acceptors (Lipinski definition) is 3. The van der Waals surface area contributed by atoms with Crippen LogP contribution in [0.4, 0.5) is 5.69 Å². The molecule has 2 N–H and O–H groups in total. The van der Waals surface area contributed by atoms with Gasteiger partial charge in [0.05, 0.1) is 0 Å². The molecule has 3 atom stereocenters. The van der Waals surface area contributed by atoms with Crippen LogP contribution in [0.25, 0.3) is 0 Å². The molecule has 0 amide bonds. The van der Waals surface area contributed by atoms with Gasteiger partial charge >= 0.3 is 0 Å². The van der Waals surface area contributed by atoms with E-state index >= 15 is 0 Å². The number of halogens is 2. The van der Waals surface area contributed by atoms with Crippen LogP contribution in [0.2, 0.25) is 0 Å². The summed E-state index contributed by atoms with van der Waals surface area (Å²) in [7, 11) is 0. The van der Waals surface area contributed by atoms with Crippen LogP contribution in [0.5, 0.6) is 11.5 Å². The van der Waals surface area contributed by atoms with Gasteiger partial charge in [-0.2, -0.15) is 0 Å². The van der Waals surface area contributed by atoms with Crippen molar-refractivity contribution in [2.45, 2.75) is 25.2 Å². The summed E-state index contributed by atoms with van der Waals surface area (Å²) in [6.45, 7) is 2.57. The van der Waals surface area contributed by atoms with E-state index in [1.54, 1.807) is 0 Å². The average molecular weight is 465 g/mol. The summed E-state index contributed by atoms with van der Waals surface area (Å²) in [5, 5.41) is 0. The van der Waals surface area contributed by atoms with Crippen LogP contribution in [0, 0.1) is 5.92 Å². The molecular weight excluding hydrogens is 446 g/mol. The minimum absolute atomic E-state index is 0.293. The molecule has 5 heteroatoms. The lowest BCUT2D eigenvalue weighted by Crippen LogP contribution is -2.16. The second-order valence-corrected chi connectivity index (χ2v) is 8.41. The first kappa shape index (κ1) is 17.0. The van der Waals surface area contributed by atoms with Crippen LogP contribution in [0.3, 0.4) is 0 Å². The zero-order valence-electron chi connectivity index (χ0n) is 13.8. The molecule has 0 saturated heterocycles. The van der Waals surface area contributed by atoms with Gasteiger partial charge in [0, 0.05) is 20.6 Å². The van der Waals surface area contributed by atoms with Gasteiger partial charge in [-0.25, -0.2) is 0 Å². The summed E-state index contributed by atoms with van der Waals surface area (Å²) in [5.41, 5.74) is 9.56. The second kappa shape index (κ2) is 6.69. The average Bonchev–Trinajstić information content (AvgIpc) is 3.24. The maximum atomic E-state index is 6.27.